The number of hydrogen-bond donors (Lipinski definition) is 1. The maximum absolute atomic E-state index is 5.19. The molecule has 0 bridgehead atoms. The van der Waals surface area contributed by atoms with Crippen LogP contribution in [0.5, 0.6) is 5.75 Å². The predicted octanol–water partition coefficient (Wildman–Crippen LogP) is 4.45. The Kier molecular flexibility index (Phi) is 5.01. The first-order chi connectivity index (χ1) is 13.7. The van der Waals surface area contributed by atoms with Crippen LogP contribution in [-0.4, -0.2) is 26.9 Å². The van der Waals surface area contributed by atoms with Crippen molar-refractivity contribution in [2.24, 2.45) is 0 Å². The maximum Gasteiger partial charge on any atom is 0.227 e. The first-order valence-electron chi connectivity index (χ1n) is 9.04. The smallest absolute Gasteiger partial charge is 0.227 e. The molecule has 0 fully saturated rings. The largest absolute Gasteiger partial charge is 0.497 e. The summed E-state index contributed by atoms with van der Waals surface area (Å²) in [6, 6.07) is 19.8. The Morgan fingerprint density at radius 3 is 2.54 bits per heavy atom. The standard InChI is InChI=1S/C22H21N5O/c1-16-20(15-27(26-16)14-17-6-4-3-5-7-17)21-12-13-23-22(25-21)24-18-8-10-19(28-2)11-9-18/h3-13,15H,14H2,1-2H3,(H,23,24,25). The van der Waals surface area contributed by atoms with Crippen LogP contribution in [0.4, 0.5) is 11.6 Å². The number of methoxy groups -OCH3 is 1. The fraction of sp³-hybridized carbons (Fsp3) is 0.136. The van der Waals surface area contributed by atoms with Crippen molar-refractivity contribution in [2.75, 3.05) is 12.4 Å². The Morgan fingerprint density at radius 1 is 1.00 bits per heavy atom. The molecule has 2 heterocycles. The monoisotopic (exact) mass is 371 g/mol. The minimum absolute atomic E-state index is 0.540. The van der Waals surface area contributed by atoms with E-state index in [9.17, 15) is 0 Å². The van der Waals surface area contributed by atoms with E-state index in [1.807, 2.05) is 66.3 Å². The highest BCUT2D eigenvalue weighted by atomic mass is 16.5. The molecule has 140 valence electrons. The van der Waals surface area contributed by atoms with Gasteiger partial charge in [0.2, 0.25) is 5.95 Å². The summed E-state index contributed by atoms with van der Waals surface area (Å²) in [5, 5.41) is 7.86. The molecule has 0 amide bonds. The second kappa shape index (κ2) is 7.92. The number of benzene rings is 2. The SMILES string of the molecule is COc1ccc(Nc2nccc(-c3cn(Cc4ccccc4)nc3C)n2)cc1. The molecular formula is C22H21N5O. The third kappa shape index (κ3) is 4.01. The highest BCUT2D eigenvalue weighted by Gasteiger charge is 2.10. The van der Waals surface area contributed by atoms with Gasteiger partial charge in [-0.25, -0.2) is 9.97 Å². The van der Waals surface area contributed by atoms with Gasteiger partial charge in [-0.1, -0.05) is 30.3 Å². The number of aryl methyl sites for hydroxylation is 1. The molecule has 28 heavy (non-hydrogen) atoms. The van der Waals surface area contributed by atoms with Crippen LogP contribution in [0.1, 0.15) is 11.3 Å². The van der Waals surface area contributed by atoms with Gasteiger partial charge in [0.1, 0.15) is 5.75 Å². The summed E-state index contributed by atoms with van der Waals surface area (Å²) in [6.07, 6.45) is 3.78. The van der Waals surface area contributed by atoms with Crippen molar-refractivity contribution in [3.63, 3.8) is 0 Å². The van der Waals surface area contributed by atoms with Crippen LogP contribution in [0.2, 0.25) is 0 Å². The molecule has 0 unspecified atom stereocenters. The van der Waals surface area contributed by atoms with Crippen LogP contribution in [0.15, 0.2) is 73.1 Å². The molecule has 1 N–H and O–H groups in total. The number of hydrogen-bond acceptors (Lipinski definition) is 5. The number of aromatic nitrogens is 4. The van der Waals surface area contributed by atoms with Crippen molar-refractivity contribution in [3.8, 4) is 17.0 Å². The zero-order valence-corrected chi connectivity index (χ0v) is 15.8. The van der Waals surface area contributed by atoms with Gasteiger partial charge in [0, 0.05) is 23.6 Å². The molecule has 0 saturated heterocycles. The van der Waals surface area contributed by atoms with Crippen LogP contribution in [-0.2, 0) is 6.54 Å². The van der Waals surface area contributed by atoms with Crippen LogP contribution < -0.4 is 10.1 Å². The van der Waals surface area contributed by atoms with Gasteiger partial charge in [-0.15, -0.1) is 0 Å². The van der Waals surface area contributed by atoms with Crippen molar-refractivity contribution in [1.29, 1.82) is 0 Å². The number of nitrogens with one attached hydrogen (secondary N) is 1. The van der Waals surface area contributed by atoms with E-state index in [4.69, 9.17) is 4.74 Å². The molecule has 0 aliphatic rings. The van der Waals surface area contributed by atoms with Crippen molar-refractivity contribution in [1.82, 2.24) is 19.7 Å². The lowest BCUT2D eigenvalue weighted by molar-refractivity contribution is 0.415. The van der Waals surface area contributed by atoms with E-state index in [-0.39, 0.29) is 0 Å². The number of ether oxygens (including phenoxy) is 1. The quantitative estimate of drug-likeness (QED) is 0.542. The third-order valence-electron chi connectivity index (χ3n) is 4.41. The van der Waals surface area contributed by atoms with Crippen molar-refractivity contribution in [3.05, 3.63) is 84.3 Å². The zero-order chi connectivity index (χ0) is 19.3. The van der Waals surface area contributed by atoms with Gasteiger partial charge in [0.15, 0.2) is 0 Å². The molecule has 4 rings (SSSR count). The number of nitrogens with zero attached hydrogens (tertiary/aromatic N) is 4. The molecule has 0 spiro atoms. The topological polar surface area (TPSA) is 64.9 Å². The summed E-state index contributed by atoms with van der Waals surface area (Å²) >= 11 is 0. The van der Waals surface area contributed by atoms with E-state index in [0.29, 0.717) is 5.95 Å². The number of rotatable bonds is 6. The highest BCUT2D eigenvalue weighted by Crippen LogP contribution is 2.23. The predicted molar refractivity (Wildman–Crippen MR) is 110 cm³/mol. The van der Waals surface area contributed by atoms with Gasteiger partial charge in [0.25, 0.3) is 0 Å². The molecule has 6 heteroatoms. The molecule has 0 aliphatic heterocycles. The molecule has 0 saturated carbocycles. The summed E-state index contributed by atoms with van der Waals surface area (Å²) in [6.45, 7) is 2.72. The van der Waals surface area contributed by atoms with Gasteiger partial charge in [-0.2, -0.15) is 5.10 Å². The molecular weight excluding hydrogens is 350 g/mol. The maximum atomic E-state index is 5.19. The lowest BCUT2D eigenvalue weighted by Gasteiger charge is -2.07. The Bertz CT molecular complexity index is 1060. The van der Waals surface area contributed by atoms with Gasteiger partial charge in [-0.3, -0.25) is 4.68 Å². The molecule has 2 aromatic heterocycles. The lowest BCUT2D eigenvalue weighted by Crippen LogP contribution is -1.99. The minimum atomic E-state index is 0.540. The molecule has 6 nitrogen and oxygen atoms in total. The van der Waals surface area contributed by atoms with Crippen LogP contribution >= 0.6 is 0 Å². The Hall–Kier alpha value is -3.67. The average Bonchev–Trinajstić information content (AvgIpc) is 3.09. The molecule has 2 aromatic carbocycles. The third-order valence-corrected chi connectivity index (χ3v) is 4.41. The molecule has 4 aromatic rings. The fourth-order valence-corrected chi connectivity index (χ4v) is 2.99. The van der Waals surface area contributed by atoms with E-state index < -0.39 is 0 Å². The van der Waals surface area contributed by atoms with E-state index in [1.54, 1.807) is 13.3 Å². The molecule has 0 radical (unpaired) electrons. The zero-order valence-electron chi connectivity index (χ0n) is 15.8. The van der Waals surface area contributed by atoms with Crippen LogP contribution in [0.3, 0.4) is 0 Å². The van der Waals surface area contributed by atoms with Crippen molar-refractivity contribution < 1.29 is 4.74 Å². The van der Waals surface area contributed by atoms with Crippen molar-refractivity contribution >= 4 is 11.6 Å². The van der Waals surface area contributed by atoms with Crippen LogP contribution in [0, 0.1) is 6.92 Å². The molecule has 0 aliphatic carbocycles. The van der Waals surface area contributed by atoms with Crippen molar-refractivity contribution in [2.45, 2.75) is 13.5 Å². The van der Waals surface area contributed by atoms with Gasteiger partial charge >= 0.3 is 0 Å². The normalized spacial score (nSPS) is 10.6. The van der Waals surface area contributed by atoms with Gasteiger partial charge < -0.3 is 10.1 Å². The second-order valence-electron chi connectivity index (χ2n) is 6.43. The van der Waals surface area contributed by atoms with E-state index in [2.05, 4.69) is 32.5 Å². The minimum Gasteiger partial charge on any atom is -0.497 e. The summed E-state index contributed by atoms with van der Waals surface area (Å²) in [5.41, 5.74) is 4.87. The fourth-order valence-electron chi connectivity index (χ4n) is 2.99. The van der Waals surface area contributed by atoms with E-state index in [0.717, 1.165) is 34.9 Å². The average molecular weight is 371 g/mol. The Balaban J connectivity index is 1.55. The highest BCUT2D eigenvalue weighted by molar-refractivity contribution is 5.63. The first kappa shape index (κ1) is 17.7. The van der Waals surface area contributed by atoms with E-state index >= 15 is 0 Å². The van der Waals surface area contributed by atoms with E-state index in [1.165, 1.54) is 5.56 Å². The first-order valence-corrected chi connectivity index (χ1v) is 9.04. The summed E-state index contributed by atoms with van der Waals surface area (Å²) in [4.78, 5) is 8.98. The van der Waals surface area contributed by atoms with Gasteiger partial charge in [-0.05, 0) is 42.8 Å². The summed E-state index contributed by atoms with van der Waals surface area (Å²) < 4.78 is 7.13. The summed E-state index contributed by atoms with van der Waals surface area (Å²) in [5.74, 6) is 1.35. The second-order valence-corrected chi connectivity index (χ2v) is 6.43. The Morgan fingerprint density at radius 2 is 1.79 bits per heavy atom. The summed E-state index contributed by atoms with van der Waals surface area (Å²) in [7, 11) is 1.65. The Labute approximate surface area is 163 Å². The van der Waals surface area contributed by atoms with Crippen LogP contribution in [0.25, 0.3) is 11.3 Å². The van der Waals surface area contributed by atoms with Gasteiger partial charge in [0.05, 0.1) is 25.0 Å². The number of anilines is 2. The lowest BCUT2D eigenvalue weighted by atomic mass is 10.2. The molecule has 0 atom stereocenters.